The lowest BCUT2D eigenvalue weighted by atomic mass is 9.99. The molecule has 0 aromatic carbocycles. The van der Waals surface area contributed by atoms with Crippen molar-refractivity contribution in [2.75, 3.05) is 31.6 Å². The van der Waals surface area contributed by atoms with E-state index in [2.05, 4.69) is 42.8 Å². The summed E-state index contributed by atoms with van der Waals surface area (Å²) in [6, 6.07) is 0. The van der Waals surface area contributed by atoms with Crippen molar-refractivity contribution in [3.05, 3.63) is 20.3 Å². The topological polar surface area (TPSA) is 61.0 Å². The minimum Gasteiger partial charge on any atom is -0.358 e. The van der Waals surface area contributed by atoms with Crippen LogP contribution in [0.3, 0.4) is 0 Å². The largest absolute Gasteiger partial charge is 0.358 e. The summed E-state index contributed by atoms with van der Waals surface area (Å²) in [6.45, 7) is 3.13. The first-order chi connectivity index (χ1) is 8.18. The maximum absolute atomic E-state index is 11.5. The van der Waals surface area contributed by atoms with E-state index < -0.39 is 0 Å². The van der Waals surface area contributed by atoms with Crippen molar-refractivity contribution in [1.82, 2.24) is 15.3 Å². The number of halogens is 1. The van der Waals surface area contributed by atoms with Crippen molar-refractivity contribution in [2.45, 2.75) is 12.8 Å². The number of anilines is 1. The first-order valence-electron chi connectivity index (χ1n) is 5.83. The molecular weight excluding hydrogens is 331 g/mol. The number of nitrogens with one attached hydrogen (secondary N) is 2. The molecule has 2 N–H and O–H groups in total. The first-order valence-corrected chi connectivity index (χ1v) is 6.91. The third kappa shape index (κ3) is 3.19. The minimum atomic E-state index is -0.0655. The maximum Gasteiger partial charge on any atom is 0.266 e. The van der Waals surface area contributed by atoms with Crippen LogP contribution in [-0.2, 0) is 0 Å². The molecule has 0 amide bonds. The molecule has 17 heavy (non-hydrogen) atoms. The standard InChI is InChI=1S/C11H17IN4O/c1-16(6-8-3-2-4-13-5-8)10-9(12)11(17)15-7-14-10/h7-8,13H,2-6H2,1H3,(H,14,15,17). The van der Waals surface area contributed by atoms with Gasteiger partial charge in [0, 0.05) is 13.6 Å². The first kappa shape index (κ1) is 12.8. The molecule has 0 bridgehead atoms. The summed E-state index contributed by atoms with van der Waals surface area (Å²) in [6.07, 6.45) is 3.95. The molecule has 0 radical (unpaired) electrons. The molecule has 6 heteroatoms. The summed E-state index contributed by atoms with van der Waals surface area (Å²) < 4.78 is 0.663. The Balaban J connectivity index is 2.06. The molecule has 1 unspecified atom stereocenters. The molecule has 0 aliphatic carbocycles. The molecule has 2 heterocycles. The van der Waals surface area contributed by atoms with E-state index in [0.29, 0.717) is 9.49 Å². The molecule has 0 spiro atoms. The predicted molar refractivity (Wildman–Crippen MR) is 76.4 cm³/mol. The summed E-state index contributed by atoms with van der Waals surface area (Å²) in [7, 11) is 2.00. The van der Waals surface area contributed by atoms with E-state index in [1.165, 1.54) is 19.2 Å². The van der Waals surface area contributed by atoms with E-state index in [1.807, 2.05) is 7.05 Å². The molecule has 0 saturated carbocycles. The third-order valence-electron chi connectivity index (χ3n) is 3.07. The molecule has 1 aromatic rings. The zero-order valence-corrected chi connectivity index (χ0v) is 12.0. The summed E-state index contributed by atoms with van der Waals surface area (Å²) >= 11 is 2.05. The molecule has 2 rings (SSSR count). The van der Waals surface area contributed by atoms with Gasteiger partial charge in [-0.25, -0.2) is 4.98 Å². The summed E-state index contributed by atoms with van der Waals surface area (Å²) in [5, 5.41) is 3.40. The number of rotatable bonds is 3. The Morgan fingerprint density at radius 2 is 2.47 bits per heavy atom. The van der Waals surface area contributed by atoms with Crippen molar-refractivity contribution in [3.8, 4) is 0 Å². The van der Waals surface area contributed by atoms with Gasteiger partial charge >= 0.3 is 0 Å². The number of hydrogen-bond donors (Lipinski definition) is 2. The molecule has 1 aromatic heterocycles. The highest BCUT2D eigenvalue weighted by molar-refractivity contribution is 14.1. The van der Waals surface area contributed by atoms with Crippen LogP contribution in [0.4, 0.5) is 5.82 Å². The van der Waals surface area contributed by atoms with E-state index in [1.54, 1.807) is 0 Å². The number of aromatic nitrogens is 2. The van der Waals surface area contributed by atoms with Crippen molar-refractivity contribution in [2.24, 2.45) is 5.92 Å². The molecule has 1 aliphatic heterocycles. The zero-order valence-electron chi connectivity index (χ0n) is 9.87. The van der Waals surface area contributed by atoms with Crippen LogP contribution in [-0.4, -0.2) is 36.6 Å². The van der Waals surface area contributed by atoms with Gasteiger partial charge in [0.05, 0.1) is 6.33 Å². The lowest BCUT2D eigenvalue weighted by molar-refractivity contribution is 0.380. The van der Waals surface area contributed by atoms with Crippen molar-refractivity contribution in [3.63, 3.8) is 0 Å². The number of nitrogens with zero attached hydrogens (tertiary/aromatic N) is 2. The summed E-state index contributed by atoms with van der Waals surface area (Å²) in [4.78, 5) is 20.4. The smallest absolute Gasteiger partial charge is 0.266 e. The Kier molecular flexibility index (Phi) is 4.38. The molecule has 94 valence electrons. The van der Waals surface area contributed by atoms with Crippen LogP contribution in [0.1, 0.15) is 12.8 Å². The number of H-pyrrole nitrogens is 1. The van der Waals surface area contributed by atoms with Crippen molar-refractivity contribution < 1.29 is 0 Å². The molecule has 1 aliphatic rings. The van der Waals surface area contributed by atoms with Crippen LogP contribution < -0.4 is 15.8 Å². The van der Waals surface area contributed by atoms with Gasteiger partial charge in [0.15, 0.2) is 0 Å². The normalized spacial score (nSPS) is 20.2. The molecule has 1 fully saturated rings. The van der Waals surface area contributed by atoms with Gasteiger partial charge in [-0.15, -0.1) is 0 Å². The summed E-state index contributed by atoms with van der Waals surface area (Å²) in [5.41, 5.74) is -0.0655. The van der Waals surface area contributed by atoms with Crippen molar-refractivity contribution >= 4 is 28.4 Å². The fourth-order valence-electron chi connectivity index (χ4n) is 2.19. The Labute approximate surface area is 114 Å². The fraction of sp³-hybridized carbons (Fsp3) is 0.636. The number of aromatic amines is 1. The highest BCUT2D eigenvalue weighted by atomic mass is 127. The Hall–Kier alpha value is -0.630. The van der Waals surface area contributed by atoms with Gasteiger partial charge in [0.2, 0.25) is 0 Å². The van der Waals surface area contributed by atoms with Gasteiger partial charge in [-0.1, -0.05) is 0 Å². The number of hydrogen-bond acceptors (Lipinski definition) is 4. The van der Waals surface area contributed by atoms with Crippen LogP contribution in [0.15, 0.2) is 11.1 Å². The van der Waals surface area contributed by atoms with E-state index in [4.69, 9.17) is 0 Å². The SMILES string of the molecule is CN(CC1CCCNC1)c1nc[nH]c(=O)c1I. The average Bonchev–Trinajstić information content (AvgIpc) is 2.34. The second kappa shape index (κ2) is 5.81. The van der Waals surface area contributed by atoms with Gasteiger partial charge in [-0.05, 0) is 54.4 Å². The van der Waals surface area contributed by atoms with Crippen molar-refractivity contribution in [1.29, 1.82) is 0 Å². The van der Waals surface area contributed by atoms with E-state index >= 15 is 0 Å². The lowest BCUT2D eigenvalue weighted by Crippen LogP contribution is -2.37. The van der Waals surface area contributed by atoms with E-state index in [-0.39, 0.29) is 5.56 Å². The molecular formula is C11H17IN4O. The van der Waals surface area contributed by atoms with Gasteiger partial charge in [0.25, 0.3) is 5.56 Å². The maximum atomic E-state index is 11.5. The lowest BCUT2D eigenvalue weighted by Gasteiger charge is -2.28. The van der Waals surface area contributed by atoms with Crippen LogP contribution in [0.2, 0.25) is 0 Å². The third-order valence-corrected chi connectivity index (χ3v) is 4.04. The Bertz CT molecular complexity index is 428. The van der Waals surface area contributed by atoms with Gasteiger partial charge in [0.1, 0.15) is 9.39 Å². The van der Waals surface area contributed by atoms with Gasteiger partial charge in [-0.3, -0.25) is 4.79 Å². The second-order valence-electron chi connectivity index (χ2n) is 4.46. The van der Waals surface area contributed by atoms with Crippen LogP contribution >= 0.6 is 22.6 Å². The number of piperidine rings is 1. The average molecular weight is 348 g/mol. The monoisotopic (exact) mass is 348 g/mol. The molecule has 1 saturated heterocycles. The minimum absolute atomic E-state index is 0.0655. The highest BCUT2D eigenvalue weighted by Gasteiger charge is 2.17. The van der Waals surface area contributed by atoms with Crippen LogP contribution in [0.5, 0.6) is 0 Å². The van der Waals surface area contributed by atoms with E-state index in [0.717, 1.165) is 25.5 Å². The highest BCUT2D eigenvalue weighted by Crippen LogP contribution is 2.17. The quantitative estimate of drug-likeness (QED) is 0.794. The predicted octanol–water partition coefficient (Wildman–Crippen LogP) is 0.810. The zero-order chi connectivity index (χ0) is 12.3. The molecule has 1 atom stereocenters. The molecule has 5 nitrogen and oxygen atoms in total. The van der Waals surface area contributed by atoms with Crippen LogP contribution in [0.25, 0.3) is 0 Å². The van der Waals surface area contributed by atoms with Gasteiger partial charge in [-0.2, -0.15) is 0 Å². The second-order valence-corrected chi connectivity index (χ2v) is 5.54. The fourth-order valence-corrected chi connectivity index (χ4v) is 2.90. The Morgan fingerprint density at radius 1 is 1.65 bits per heavy atom. The van der Waals surface area contributed by atoms with Gasteiger partial charge < -0.3 is 15.2 Å². The van der Waals surface area contributed by atoms with E-state index in [9.17, 15) is 4.79 Å². The summed E-state index contributed by atoms with van der Waals surface area (Å²) in [5.74, 6) is 1.42. The Morgan fingerprint density at radius 3 is 3.18 bits per heavy atom. The van der Waals surface area contributed by atoms with Crippen LogP contribution in [0, 0.1) is 9.49 Å².